The lowest BCUT2D eigenvalue weighted by atomic mass is 10.1. The number of halogens is 19. The van der Waals surface area contributed by atoms with Gasteiger partial charge in [-0.05, 0) is 135 Å². The molecule has 9 aromatic rings. The zero-order valence-corrected chi connectivity index (χ0v) is 56.0. The van der Waals surface area contributed by atoms with Gasteiger partial charge in [-0.25, -0.2) is 41.3 Å². The molecule has 0 fully saturated rings. The molecule has 3 aromatic heterocycles. The molecule has 36 heteroatoms. The molecule has 3 amide bonds. The predicted octanol–water partition coefficient (Wildman–Crippen LogP) is 17.0. The molecular formula is C62H46Br4F15N7O10. The first-order valence-electron chi connectivity index (χ1n) is 27.6. The van der Waals surface area contributed by atoms with E-state index in [0.717, 1.165) is 72.8 Å². The highest BCUT2D eigenvalue weighted by atomic mass is 79.9. The lowest BCUT2D eigenvalue weighted by Crippen LogP contribution is -2.20. The van der Waals surface area contributed by atoms with E-state index in [9.17, 15) is 85.3 Å². The number of aliphatic hydroxyl groups excluding tert-OH is 1. The Kier molecular flexibility index (Phi) is 25.5. The van der Waals surface area contributed by atoms with Crippen LogP contribution in [0, 0.1) is 34.9 Å². The quantitative estimate of drug-likeness (QED) is 0.0363. The average molecular weight is 1650 g/mol. The van der Waals surface area contributed by atoms with Crippen LogP contribution >= 0.6 is 63.7 Å². The number of ether oxygens (including phenoxy) is 3. The standard InChI is InChI=1S/C22H19BrF5N3O3.C20H13Br2F5N2O3.C20H14BrF5N2O4/c1-31(2)10-9-15(33-14-8-7-13(24)16(17(14)25)20(29)32)21-30-18(19(23)34-21)11-3-5-12(6-4-11)22(26,27)28;21-8-7-13(31-12-6-5-11(23)14(15(12)24)18(28)30)19-29-16(17(22)32-19)9-1-3-10(4-2-9)20(25,26)27;21-17-16(9-1-3-10(4-2-9)20(24,25)26)28-19(32-17)13(7-8-29)31-12-6-5-11(22)14(15(12)23)18(27)30/h3-8,15H,9-10H2,1-2H3,(H2,29,32);1-6,13H,7-8H2,(H2,28,30);1-6,13,29H,7-8H2,(H2,27,30). The second-order valence-corrected chi connectivity index (χ2v) is 23.4. The Morgan fingerprint density at radius 2 is 0.724 bits per heavy atom. The SMILES string of the molecule is CN(C)CCC(Oc1ccc(F)c(C(N)=O)c1F)c1nc(-c2ccc(C(F)(F)F)cc2)c(Br)o1.NC(=O)c1c(F)ccc(OC(CCBr)c2nc(-c3ccc(C(F)(F)F)cc3)c(Br)o2)c1F.NC(=O)c1c(F)ccc(OC(CCO)c2nc(-c3ccc(C(F)(F)F)cc3)c(Br)o2)c1F. The number of primary amides is 3. The van der Waals surface area contributed by atoms with Crippen molar-refractivity contribution in [2.45, 2.75) is 56.1 Å². The third kappa shape index (κ3) is 19.0. The number of nitrogens with zero attached hydrogens (tertiary/aromatic N) is 4. The summed E-state index contributed by atoms with van der Waals surface area (Å²) in [7, 11) is 3.58. The zero-order chi connectivity index (χ0) is 72.5. The normalized spacial score (nSPS) is 12.6. The van der Waals surface area contributed by atoms with Crippen LogP contribution in [0.15, 0.2) is 136 Å². The van der Waals surface area contributed by atoms with E-state index < -0.39 is 147 Å². The van der Waals surface area contributed by atoms with E-state index in [-0.39, 0.29) is 73.6 Å². The number of oxazole rings is 3. The Bertz CT molecular complexity index is 4130. The van der Waals surface area contributed by atoms with Crippen LogP contribution in [0.2, 0.25) is 0 Å². The molecule has 0 aliphatic carbocycles. The van der Waals surface area contributed by atoms with Crippen molar-refractivity contribution < 1.29 is 113 Å². The number of aliphatic hydroxyl groups is 1. The van der Waals surface area contributed by atoms with Crippen LogP contribution in [0.3, 0.4) is 0 Å². The maximum atomic E-state index is 14.7. The topological polar surface area (TPSA) is 259 Å². The summed E-state index contributed by atoms with van der Waals surface area (Å²) in [5.41, 5.74) is 11.2. The highest BCUT2D eigenvalue weighted by molar-refractivity contribution is 9.11. The van der Waals surface area contributed by atoms with E-state index in [1.165, 1.54) is 36.4 Å². The number of alkyl halides is 10. The van der Waals surface area contributed by atoms with Gasteiger partial charge < -0.3 is 54.7 Å². The second kappa shape index (κ2) is 32.5. The van der Waals surface area contributed by atoms with Crippen molar-refractivity contribution in [3.63, 3.8) is 0 Å². The van der Waals surface area contributed by atoms with E-state index in [4.69, 9.17) is 44.7 Å². The van der Waals surface area contributed by atoms with Crippen molar-refractivity contribution in [3.8, 4) is 51.0 Å². The van der Waals surface area contributed by atoms with Crippen LogP contribution < -0.4 is 31.4 Å². The second-order valence-electron chi connectivity index (χ2n) is 20.4. The highest BCUT2D eigenvalue weighted by Gasteiger charge is 2.35. The summed E-state index contributed by atoms with van der Waals surface area (Å²) in [5, 5.41) is 9.71. The summed E-state index contributed by atoms with van der Waals surface area (Å²) in [6.07, 6.45) is -16.3. The van der Waals surface area contributed by atoms with Crippen LogP contribution in [0.25, 0.3) is 33.8 Å². The van der Waals surface area contributed by atoms with E-state index in [2.05, 4.69) is 78.7 Å². The molecule has 3 atom stereocenters. The predicted molar refractivity (Wildman–Crippen MR) is 332 cm³/mol. The Morgan fingerprint density at radius 1 is 0.459 bits per heavy atom. The van der Waals surface area contributed by atoms with Gasteiger partial charge in [-0.2, -0.15) is 39.5 Å². The first-order valence-corrected chi connectivity index (χ1v) is 31.1. The number of hydrogen-bond acceptors (Lipinski definition) is 14. The minimum absolute atomic E-state index is 0.00651. The molecule has 0 spiro atoms. The molecule has 0 aliphatic rings. The number of rotatable bonds is 22. The molecule has 7 N–H and O–H groups in total. The number of aromatic nitrogens is 3. The van der Waals surface area contributed by atoms with Crippen LogP contribution in [0.1, 0.15) is 103 Å². The van der Waals surface area contributed by atoms with Gasteiger partial charge in [0.15, 0.2) is 67.0 Å². The number of amides is 3. The molecule has 0 radical (unpaired) electrons. The Balaban J connectivity index is 0.000000207. The van der Waals surface area contributed by atoms with E-state index in [1.54, 1.807) is 14.1 Å². The maximum Gasteiger partial charge on any atom is 0.416 e. The van der Waals surface area contributed by atoms with Gasteiger partial charge in [0, 0.05) is 54.4 Å². The molecule has 3 heterocycles. The Morgan fingerprint density at radius 3 is 0.959 bits per heavy atom. The van der Waals surface area contributed by atoms with Crippen LogP contribution in [0.5, 0.6) is 17.2 Å². The Hall–Kier alpha value is -8.45. The molecule has 0 bridgehead atoms. The zero-order valence-electron chi connectivity index (χ0n) is 49.7. The summed E-state index contributed by atoms with van der Waals surface area (Å²) < 4.78 is 234. The maximum absolute atomic E-state index is 14.7. The van der Waals surface area contributed by atoms with Crippen molar-refractivity contribution in [3.05, 3.63) is 209 Å². The molecule has 0 saturated carbocycles. The van der Waals surface area contributed by atoms with E-state index >= 15 is 0 Å². The molecule has 6 aromatic carbocycles. The highest BCUT2D eigenvalue weighted by Crippen LogP contribution is 2.41. The summed E-state index contributed by atoms with van der Waals surface area (Å²) in [6, 6.07) is 18.1. The molecule has 0 saturated heterocycles. The van der Waals surface area contributed by atoms with Crippen molar-refractivity contribution in [1.29, 1.82) is 0 Å². The number of hydrogen-bond donors (Lipinski definition) is 4. The number of nitrogens with two attached hydrogens (primary N) is 3. The van der Waals surface area contributed by atoms with Crippen molar-refractivity contribution in [2.24, 2.45) is 17.2 Å². The average Bonchev–Trinajstić information content (AvgIpc) is 1.57. The van der Waals surface area contributed by atoms with Crippen LogP contribution in [0.4, 0.5) is 65.9 Å². The Labute approximate surface area is 576 Å². The lowest BCUT2D eigenvalue weighted by Gasteiger charge is -2.19. The first-order chi connectivity index (χ1) is 45.9. The van der Waals surface area contributed by atoms with Crippen LogP contribution in [-0.2, 0) is 18.5 Å². The van der Waals surface area contributed by atoms with Gasteiger partial charge in [-0.15, -0.1) is 0 Å². The van der Waals surface area contributed by atoms with Gasteiger partial charge in [0.25, 0.3) is 17.7 Å². The van der Waals surface area contributed by atoms with Crippen molar-refractivity contribution in [2.75, 3.05) is 32.6 Å². The molecular weight excluding hydrogens is 1610 g/mol. The minimum atomic E-state index is -4.51. The molecule has 98 heavy (non-hydrogen) atoms. The van der Waals surface area contributed by atoms with Gasteiger partial charge in [-0.1, -0.05) is 52.3 Å². The molecule has 522 valence electrons. The van der Waals surface area contributed by atoms with Gasteiger partial charge in [0.2, 0.25) is 17.7 Å². The fourth-order valence-corrected chi connectivity index (χ4v) is 10.5. The van der Waals surface area contributed by atoms with E-state index in [1.807, 2.05) is 4.90 Å². The first kappa shape index (κ1) is 76.9. The number of carbonyl (C=O) groups is 3. The van der Waals surface area contributed by atoms with Crippen LogP contribution in [-0.4, -0.2) is 75.3 Å². The summed E-state index contributed by atoms with van der Waals surface area (Å²) in [4.78, 5) is 48.7. The molecule has 0 aliphatic heterocycles. The summed E-state index contributed by atoms with van der Waals surface area (Å²) in [5.74, 6) is -12.9. The largest absolute Gasteiger partial charge is 0.478 e. The molecule has 17 nitrogen and oxygen atoms in total. The molecule has 3 unspecified atom stereocenters. The van der Waals surface area contributed by atoms with Crippen molar-refractivity contribution in [1.82, 2.24) is 19.9 Å². The molecule has 9 rings (SSSR count). The van der Waals surface area contributed by atoms with Gasteiger partial charge in [-0.3, -0.25) is 14.4 Å². The van der Waals surface area contributed by atoms with Gasteiger partial charge >= 0.3 is 18.5 Å². The summed E-state index contributed by atoms with van der Waals surface area (Å²) in [6.45, 7) is 0.0114. The fraction of sp³-hybridized carbons (Fsp3) is 0.226. The van der Waals surface area contributed by atoms with Gasteiger partial charge in [0.1, 0.15) is 51.2 Å². The van der Waals surface area contributed by atoms with E-state index in [0.29, 0.717) is 23.0 Å². The number of carbonyl (C=O) groups excluding carboxylic acids is 3. The lowest BCUT2D eigenvalue weighted by molar-refractivity contribution is -0.138. The smallest absolute Gasteiger partial charge is 0.416 e. The monoisotopic (exact) mass is 1650 g/mol. The van der Waals surface area contributed by atoms with Gasteiger partial charge in [0.05, 0.1) is 16.7 Å². The summed E-state index contributed by atoms with van der Waals surface area (Å²) >= 11 is 12.7. The third-order valence-electron chi connectivity index (χ3n) is 13.4. The minimum Gasteiger partial charge on any atom is -0.478 e. The fourth-order valence-electron chi connectivity index (χ4n) is 8.65. The van der Waals surface area contributed by atoms with Crippen molar-refractivity contribution >= 4 is 81.4 Å². The third-order valence-corrected chi connectivity index (χ3v) is 15.5. The number of benzene rings is 6.